The van der Waals surface area contributed by atoms with Crippen molar-refractivity contribution < 1.29 is 24.5 Å². The molecule has 2 fully saturated rings. The first-order chi connectivity index (χ1) is 14.1. The molecule has 4 atom stereocenters. The third-order valence-corrected chi connectivity index (χ3v) is 6.91. The minimum atomic E-state index is -1.61. The smallest absolute Gasteiger partial charge is 0.322 e. The van der Waals surface area contributed by atoms with E-state index in [9.17, 15) is 19.8 Å². The van der Waals surface area contributed by atoms with Crippen LogP contribution in [0.15, 0.2) is 30.3 Å². The van der Waals surface area contributed by atoms with Crippen molar-refractivity contribution in [3.05, 3.63) is 35.9 Å². The molecular formula is C25H36O5. The monoisotopic (exact) mass is 416 g/mol. The van der Waals surface area contributed by atoms with Crippen LogP contribution in [-0.2, 0) is 20.7 Å². The van der Waals surface area contributed by atoms with E-state index in [1.165, 1.54) is 5.56 Å². The number of ketones is 1. The Labute approximate surface area is 179 Å². The van der Waals surface area contributed by atoms with Crippen molar-refractivity contribution >= 4 is 11.8 Å². The van der Waals surface area contributed by atoms with E-state index in [0.717, 1.165) is 32.1 Å². The maximum Gasteiger partial charge on any atom is 0.322 e. The van der Waals surface area contributed by atoms with E-state index in [2.05, 4.69) is 24.3 Å². The van der Waals surface area contributed by atoms with Crippen LogP contribution < -0.4 is 0 Å². The number of carbonyl (C=O) groups excluding carboxylic acids is 2. The molecule has 166 valence electrons. The van der Waals surface area contributed by atoms with Crippen molar-refractivity contribution in [2.75, 3.05) is 0 Å². The number of ether oxygens (including phenoxy) is 1. The molecule has 0 aliphatic heterocycles. The molecule has 5 nitrogen and oxygen atoms in total. The predicted molar refractivity (Wildman–Crippen MR) is 115 cm³/mol. The minimum Gasteiger partial charge on any atom is -0.459 e. The summed E-state index contributed by atoms with van der Waals surface area (Å²) in [5.41, 5.74) is -1.60. The minimum absolute atomic E-state index is 0.195. The highest BCUT2D eigenvalue weighted by atomic mass is 16.6. The van der Waals surface area contributed by atoms with Crippen LogP contribution in [0.2, 0.25) is 0 Å². The first-order valence-corrected chi connectivity index (χ1v) is 11.3. The first-order valence-electron chi connectivity index (χ1n) is 11.3. The van der Waals surface area contributed by atoms with Crippen LogP contribution in [0.3, 0.4) is 0 Å². The highest BCUT2D eigenvalue weighted by Crippen LogP contribution is 2.59. The summed E-state index contributed by atoms with van der Waals surface area (Å²) in [6, 6.07) is 10.4. The standard InChI is InChI=1S/C25H36O5/c1-23(2,3)30-22(29)25-17-24(16-14-19(25)26,20(27)21(25)28)15-10-5-4-7-11-18-12-8-6-9-13-18/h6,8-9,12-13,20-21,27-28H,4-5,7,10-11,14-17H2,1-3H3/t20-,21+,24+,25-/m0/s1. The summed E-state index contributed by atoms with van der Waals surface area (Å²) in [7, 11) is 0. The Morgan fingerprint density at radius 2 is 1.73 bits per heavy atom. The molecule has 0 spiro atoms. The summed E-state index contributed by atoms with van der Waals surface area (Å²) < 4.78 is 5.50. The lowest BCUT2D eigenvalue weighted by Crippen LogP contribution is -2.51. The summed E-state index contributed by atoms with van der Waals surface area (Å²) in [5.74, 6) is -0.977. The molecule has 0 radical (unpaired) electrons. The van der Waals surface area contributed by atoms with Crippen LogP contribution in [0, 0.1) is 10.8 Å². The van der Waals surface area contributed by atoms with E-state index in [1.54, 1.807) is 20.8 Å². The molecule has 0 saturated heterocycles. The summed E-state index contributed by atoms with van der Waals surface area (Å²) >= 11 is 0. The van der Waals surface area contributed by atoms with Crippen molar-refractivity contribution in [2.24, 2.45) is 10.8 Å². The molecule has 0 aromatic heterocycles. The van der Waals surface area contributed by atoms with Gasteiger partial charge in [-0.1, -0.05) is 49.6 Å². The zero-order chi connectivity index (χ0) is 22.0. The van der Waals surface area contributed by atoms with E-state index in [-0.39, 0.29) is 18.6 Å². The maximum absolute atomic E-state index is 12.9. The second-order valence-electron chi connectivity index (χ2n) is 10.2. The molecule has 2 aliphatic rings. The SMILES string of the molecule is CC(C)(C)OC(=O)[C@@]12C[C@@](CCCCCCc3ccccc3)(CCC1=O)[C@@H](O)[C@H]2O. The fourth-order valence-corrected chi connectivity index (χ4v) is 5.30. The largest absolute Gasteiger partial charge is 0.459 e. The van der Waals surface area contributed by atoms with Gasteiger partial charge in [0.2, 0.25) is 0 Å². The van der Waals surface area contributed by atoms with E-state index in [0.29, 0.717) is 12.8 Å². The van der Waals surface area contributed by atoms with Gasteiger partial charge in [0.25, 0.3) is 0 Å². The third-order valence-electron chi connectivity index (χ3n) is 6.91. The second-order valence-corrected chi connectivity index (χ2v) is 10.2. The van der Waals surface area contributed by atoms with Crippen molar-refractivity contribution in [2.45, 2.75) is 96.4 Å². The number of hydrogen-bond acceptors (Lipinski definition) is 5. The van der Waals surface area contributed by atoms with Gasteiger partial charge in [0.15, 0.2) is 11.2 Å². The number of esters is 1. The normalized spacial score (nSPS) is 31.0. The van der Waals surface area contributed by atoms with Crippen LogP contribution in [0.1, 0.15) is 77.7 Å². The second kappa shape index (κ2) is 8.80. The van der Waals surface area contributed by atoms with E-state index in [4.69, 9.17) is 4.74 Å². The van der Waals surface area contributed by atoms with Gasteiger partial charge >= 0.3 is 5.97 Å². The quantitative estimate of drug-likeness (QED) is 0.380. The Kier molecular flexibility index (Phi) is 6.73. The zero-order valence-electron chi connectivity index (χ0n) is 18.5. The van der Waals surface area contributed by atoms with Crippen LogP contribution in [0.5, 0.6) is 0 Å². The molecular weight excluding hydrogens is 380 g/mol. The number of aliphatic hydroxyl groups excluding tert-OH is 2. The molecule has 0 heterocycles. The zero-order valence-corrected chi connectivity index (χ0v) is 18.5. The topological polar surface area (TPSA) is 83.8 Å². The lowest BCUT2D eigenvalue weighted by atomic mass is 9.65. The molecule has 30 heavy (non-hydrogen) atoms. The average Bonchev–Trinajstić information content (AvgIpc) is 2.88. The molecule has 3 rings (SSSR count). The molecule has 2 aliphatic carbocycles. The van der Waals surface area contributed by atoms with Crippen LogP contribution in [-0.4, -0.2) is 39.8 Å². The number of Topliss-reactive ketones (excluding diaryl/α,β-unsaturated/α-hetero) is 1. The van der Waals surface area contributed by atoms with E-state index in [1.807, 2.05) is 6.07 Å². The molecule has 5 heteroatoms. The molecule has 1 aromatic rings. The van der Waals surface area contributed by atoms with Gasteiger partial charge in [0.05, 0.1) is 6.10 Å². The summed E-state index contributed by atoms with van der Waals surface area (Å²) in [6.45, 7) is 5.24. The molecule has 0 unspecified atom stereocenters. The number of rotatable bonds is 8. The Morgan fingerprint density at radius 1 is 1.07 bits per heavy atom. The summed E-state index contributed by atoms with van der Waals surface area (Å²) in [4.78, 5) is 25.7. The average molecular weight is 417 g/mol. The number of unbranched alkanes of at least 4 members (excludes halogenated alkanes) is 3. The van der Waals surface area contributed by atoms with Gasteiger partial charge in [0, 0.05) is 11.8 Å². The van der Waals surface area contributed by atoms with Gasteiger partial charge in [-0.2, -0.15) is 0 Å². The number of aryl methyl sites for hydroxylation is 1. The van der Waals surface area contributed by atoms with Gasteiger partial charge in [-0.25, -0.2) is 0 Å². The van der Waals surface area contributed by atoms with Crippen LogP contribution in [0.25, 0.3) is 0 Å². The van der Waals surface area contributed by atoms with Crippen molar-refractivity contribution in [3.63, 3.8) is 0 Å². The molecule has 0 amide bonds. The number of aliphatic hydroxyl groups is 2. The number of hydrogen-bond donors (Lipinski definition) is 2. The number of benzene rings is 1. The van der Waals surface area contributed by atoms with Gasteiger partial charge in [0.1, 0.15) is 11.7 Å². The van der Waals surface area contributed by atoms with Gasteiger partial charge in [-0.15, -0.1) is 0 Å². The Morgan fingerprint density at radius 3 is 2.40 bits per heavy atom. The third kappa shape index (κ3) is 4.47. The lowest BCUT2D eigenvalue weighted by molar-refractivity contribution is -0.178. The number of fused-ring (bicyclic) bond motifs is 2. The maximum atomic E-state index is 12.9. The summed E-state index contributed by atoms with van der Waals surface area (Å²) in [6.07, 6.45) is 4.41. The predicted octanol–water partition coefficient (Wildman–Crippen LogP) is 3.98. The van der Waals surface area contributed by atoms with E-state index >= 15 is 0 Å². The van der Waals surface area contributed by atoms with Gasteiger partial charge in [-0.05, 0) is 58.4 Å². The molecule has 2 N–H and O–H groups in total. The first kappa shape index (κ1) is 23.0. The Bertz CT molecular complexity index is 753. The fourth-order valence-electron chi connectivity index (χ4n) is 5.30. The molecule has 1 aromatic carbocycles. The molecule has 2 bridgehead atoms. The highest BCUT2D eigenvalue weighted by Gasteiger charge is 2.70. The Balaban J connectivity index is 1.58. The highest BCUT2D eigenvalue weighted by molar-refractivity contribution is 6.06. The lowest BCUT2D eigenvalue weighted by Gasteiger charge is -2.38. The van der Waals surface area contributed by atoms with Crippen molar-refractivity contribution in [1.29, 1.82) is 0 Å². The fraction of sp³-hybridized carbons (Fsp3) is 0.680. The number of carbonyl (C=O) groups is 2. The molecule has 2 saturated carbocycles. The van der Waals surface area contributed by atoms with Crippen molar-refractivity contribution in [3.8, 4) is 0 Å². The van der Waals surface area contributed by atoms with Crippen molar-refractivity contribution in [1.82, 2.24) is 0 Å². The summed E-state index contributed by atoms with van der Waals surface area (Å²) in [5, 5.41) is 21.7. The van der Waals surface area contributed by atoms with E-state index < -0.39 is 34.6 Å². The van der Waals surface area contributed by atoms with Crippen LogP contribution >= 0.6 is 0 Å². The van der Waals surface area contributed by atoms with Gasteiger partial charge in [-0.3, -0.25) is 9.59 Å². The Hall–Kier alpha value is -1.72. The van der Waals surface area contributed by atoms with Crippen LogP contribution in [0.4, 0.5) is 0 Å². The van der Waals surface area contributed by atoms with Gasteiger partial charge < -0.3 is 14.9 Å².